The second-order valence-corrected chi connectivity index (χ2v) is 5.58. The Bertz CT molecular complexity index is 528. The number of aliphatic hydroxyl groups excluding tert-OH is 1. The van der Waals surface area contributed by atoms with Crippen molar-refractivity contribution in [2.75, 3.05) is 0 Å². The van der Waals surface area contributed by atoms with Crippen molar-refractivity contribution in [1.29, 1.82) is 0 Å². The summed E-state index contributed by atoms with van der Waals surface area (Å²) in [5, 5.41) is 40.2. The van der Waals surface area contributed by atoms with Gasteiger partial charge in [-0.05, 0) is 30.4 Å². The monoisotopic (exact) mass is 296 g/mol. The van der Waals surface area contributed by atoms with Gasteiger partial charge < -0.3 is 21.1 Å². The van der Waals surface area contributed by atoms with E-state index in [0.29, 0.717) is 0 Å². The molecule has 0 amide bonds. The zero-order chi connectivity index (χ0) is 15.6. The number of nitro benzene ring substituents is 1. The van der Waals surface area contributed by atoms with Crippen LogP contribution in [0.15, 0.2) is 12.1 Å². The van der Waals surface area contributed by atoms with Crippen molar-refractivity contribution < 1.29 is 20.2 Å². The molecular weight excluding hydrogens is 276 g/mol. The van der Waals surface area contributed by atoms with Gasteiger partial charge in [0.15, 0.2) is 5.75 Å². The molecule has 1 saturated carbocycles. The van der Waals surface area contributed by atoms with Gasteiger partial charge in [0.05, 0.1) is 17.1 Å². The lowest BCUT2D eigenvalue weighted by molar-refractivity contribution is -0.386. The van der Waals surface area contributed by atoms with Crippen molar-refractivity contribution in [3.8, 4) is 11.5 Å². The van der Waals surface area contributed by atoms with Crippen LogP contribution in [-0.2, 0) is 0 Å². The number of hydrogen-bond acceptors (Lipinski definition) is 6. The van der Waals surface area contributed by atoms with Crippen molar-refractivity contribution in [2.45, 2.75) is 44.2 Å². The van der Waals surface area contributed by atoms with Gasteiger partial charge in [-0.25, -0.2) is 0 Å². The summed E-state index contributed by atoms with van der Waals surface area (Å²) in [5.74, 6) is -1.34. The smallest absolute Gasteiger partial charge is 0.314 e. The Morgan fingerprint density at radius 2 is 1.86 bits per heavy atom. The molecule has 0 unspecified atom stereocenters. The molecule has 0 saturated heterocycles. The van der Waals surface area contributed by atoms with E-state index in [0.717, 1.165) is 38.2 Å². The first kappa shape index (κ1) is 15.5. The minimum absolute atomic E-state index is 0.0590. The van der Waals surface area contributed by atoms with E-state index in [9.17, 15) is 25.4 Å². The van der Waals surface area contributed by atoms with Crippen molar-refractivity contribution in [3.63, 3.8) is 0 Å². The highest BCUT2D eigenvalue weighted by Gasteiger charge is 2.30. The number of phenols is 2. The zero-order valence-electron chi connectivity index (χ0n) is 11.6. The Hall–Kier alpha value is -1.86. The normalized spacial score (nSPS) is 19.1. The highest BCUT2D eigenvalue weighted by atomic mass is 16.6. The molecule has 0 spiro atoms. The molecule has 1 fully saturated rings. The van der Waals surface area contributed by atoms with E-state index in [2.05, 4.69) is 0 Å². The van der Waals surface area contributed by atoms with Crippen molar-refractivity contribution in [3.05, 3.63) is 27.8 Å². The Balaban J connectivity index is 2.25. The molecule has 0 aliphatic heterocycles. The van der Waals surface area contributed by atoms with E-state index in [1.807, 2.05) is 0 Å². The molecular formula is C14H20N2O5. The van der Waals surface area contributed by atoms with Gasteiger partial charge in [0.1, 0.15) is 0 Å². The summed E-state index contributed by atoms with van der Waals surface area (Å²) in [6.07, 6.45) is 4.14. The topological polar surface area (TPSA) is 130 Å². The SMILES string of the molecule is N[C@H](c1cc(O)c(O)c([N+](=O)[O-])c1)[C@@H](O)C1CCCCC1. The summed E-state index contributed by atoms with van der Waals surface area (Å²) in [7, 11) is 0. The Morgan fingerprint density at radius 3 is 2.43 bits per heavy atom. The summed E-state index contributed by atoms with van der Waals surface area (Å²) in [6.45, 7) is 0. The van der Waals surface area contributed by atoms with Crippen LogP contribution >= 0.6 is 0 Å². The summed E-state index contributed by atoms with van der Waals surface area (Å²) in [4.78, 5) is 10.1. The van der Waals surface area contributed by atoms with E-state index in [1.54, 1.807) is 0 Å². The molecule has 116 valence electrons. The van der Waals surface area contributed by atoms with Gasteiger partial charge in [-0.3, -0.25) is 10.1 Å². The number of aromatic hydroxyl groups is 2. The second-order valence-electron chi connectivity index (χ2n) is 5.58. The summed E-state index contributed by atoms with van der Waals surface area (Å²) in [6, 6.07) is 1.43. The molecule has 21 heavy (non-hydrogen) atoms. The van der Waals surface area contributed by atoms with Crippen LogP contribution in [-0.4, -0.2) is 26.3 Å². The fourth-order valence-electron chi connectivity index (χ4n) is 2.92. The molecule has 0 bridgehead atoms. The van der Waals surface area contributed by atoms with Gasteiger partial charge in [-0.2, -0.15) is 0 Å². The number of nitrogens with two attached hydrogens (primary N) is 1. The lowest BCUT2D eigenvalue weighted by atomic mass is 9.81. The number of hydrogen-bond donors (Lipinski definition) is 4. The first-order valence-corrected chi connectivity index (χ1v) is 7.05. The third-order valence-electron chi connectivity index (χ3n) is 4.17. The van der Waals surface area contributed by atoms with Crippen LogP contribution in [0.3, 0.4) is 0 Å². The molecule has 2 rings (SSSR count). The minimum atomic E-state index is -0.835. The Kier molecular flexibility index (Phi) is 4.64. The number of aliphatic hydroxyl groups is 1. The van der Waals surface area contributed by atoms with Gasteiger partial charge in [0.25, 0.3) is 0 Å². The molecule has 2 atom stereocenters. The van der Waals surface area contributed by atoms with Gasteiger partial charge in [0, 0.05) is 6.07 Å². The van der Waals surface area contributed by atoms with Crippen LogP contribution in [0.1, 0.15) is 43.7 Å². The Morgan fingerprint density at radius 1 is 1.24 bits per heavy atom. The maximum atomic E-state index is 10.9. The number of phenolic OH excluding ortho intramolecular Hbond substituents is 2. The standard InChI is InChI=1S/C14H20N2O5/c15-12(13(18)8-4-2-1-3-5-8)9-6-10(16(20)21)14(19)11(17)7-9/h6-8,12-13,17-19H,1-5,15H2/t12-,13+/m1/s1. The molecule has 0 aromatic heterocycles. The number of nitrogens with zero attached hydrogens (tertiary/aromatic N) is 1. The molecule has 0 radical (unpaired) electrons. The van der Waals surface area contributed by atoms with E-state index >= 15 is 0 Å². The predicted molar refractivity (Wildman–Crippen MR) is 75.9 cm³/mol. The fraction of sp³-hybridized carbons (Fsp3) is 0.571. The third kappa shape index (κ3) is 3.25. The zero-order valence-corrected chi connectivity index (χ0v) is 11.6. The van der Waals surface area contributed by atoms with E-state index in [1.165, 1.54) is 6.07 Å². The average Bonchev–Trinajstić information content (AvgIpc) is 2.49. The van der Waals surface area contributed by atoms with Crippen LogP contribution in [0.25, 0.3) is 0 Å². The first-order valence-electron chi connectivity index (χ1n) is 7.05. The summed E-state index contributed by atoms with van der Waals surface area (Å²) < 4.78 is 0. The van der Waals surface area contributed by atoms with E-state index < -0.39 is 34.3 Å². The summed E-state index contributed by atoms with van der Waals surface area (Å²) in [5.41, 5.74) is 5.62. The second kappa shape index (κ2) is 6.28. The van der Waals surface area contributed by atoms with Gasteiger partial charge in [-0.1, -0.05) is 19.3 Å². The minimum Gasteiger partial charge on any atom is -0.504 e. The predicted octanol–water partition coefficient (Wildman–Crippen LogP) is 1.95. The molecule has 1 aromatic carbocycles. The largest absolute Gasteiger partial charge is 0.504 e. The highest BCUT2D eigenvalue weighted by Crippen LogP contribution is 2.39. The third-order valence-corrected chi connectivity index (χ3v) is 4.17. The van der Waals surface area contributed by atoms with Crippen molar-refractivity contribution in [2.24, 2.45) is 11.7 Å². The van der Waals surface area contributed by atoms with Crippen LogP contribution in [0.5, 0.6) is 11.5 Å². The van der Waals surface area contributed by atoms with Crippen molar-refractivity contribution >= 4 is 5.69 Å². The lowest BCUT2D eigenvalue weighted by Crippen LogP contribution is -2.34. The van der Waals surface area contributed by atoms with E-state index in [-0.39, 0.29) is 11.5 Å². The van der Waals surface area contributed by atoms with Crippen LogP contribution in [0, 0.1) is 16.0 Å². The quantitative estimate of drug-likeness (QED) is 0.381. The molecule has 5 N–H and O–H groups in total. The molecule has 1 aliphatic carbocycles. The number of benzene rings is 1. The number of rotatable bonds is 4. The van der Waals surface area contributed by atoms with Gasteiger partial charge in [-0.15, -0.1) is 0 Å². The molecule has 7 heteroatoms. The lowest BCUT2D eigenvalue weighted by Gasteiger charge is -2.30. The fourth-order valence-corrected chi connectivity index (χ4v) is 2.92. The van der Waals surface area contributed by atoms with Crippen LogP contribution < -0.4 is 5.73 Å². The van der Waals surface area contributed by atoms with Gasteiger partial charge in [0.2, 0.25) is 5.75 Å². The van der Waals surface area contributed by atoms with Crippen LogP contribution in [0.4, 0.5) is 5.69 Å². The maximum absolute atomic E-state index is 10.9. The Labute approximate surface area is 122 Å². The first-order chi connectivity index (χ1) is 9.91. The summed E-state index contributed by atoms with van der Waals surface area (Å²) >= 11 is 0. The molecule has 1 aliphatic rings. The van der Waals surface area contributed by atoms with E-state index in [4.69, 9.17) is 5.73 Å². The van der Waals surface area contributed by atoms with Crippen LogP contribution in [0.2, 0.25) is 0 Å². The molecule has 7 nitrogen and oxygen atoms in total. The van der Waals surface area contributed by atoms with Gasteiger partial charge >= 0.3 is 5.69 Å². The van der Waals surface area contributed by atoms with Crippen molar-refractivity contribution in [1.82, 2.24) is 0 Å². The molecule has 1 aromatic rings. The highest BCUT2D eigenvalue weighted by molar-refractivity contribution is 5.57. The molecule has 0 heterocycles. The number of nitro groups is 1. The average molecular weight is 296 g/mol. The maximum Gasteiger partial charge on any atom is 0.314 e.